The molecule has 0 aromatic heterocycles. The highest BCUT2D eigenvalue weighted by atomic mass is 32.2. The van der Waals surface area contributed by atoms with E-state index in [-0.39, 0.29) is 11.8 Å². The summed E-state index contributed by atoms with van der Waals surface area (Å²) in [6.07, 6.45) is 4.01. The van der Waals surface area contributed by atoms with Gasteiger partial charge in [-0.15, -0.1) is 0 Å². The van der Waals surface area contributed by atoms with E-state index in [2.05, 4.69) is 5.43 Å². The second-order valence-electron chi connectivity index (χ2n) is 4.20. The predicted octanol–water partition coefficient (Wildman–Crippen LogP) is 0.929. The lowest BCUT2D eigenvalue weighted by molar-refractivity contribution is 0.463. The molecule has 1 rings (SSSR count). The van der Waals surface area contributed by atoms with Gasteiger partial charge in [0.2, 0.25) is 0 Å². The molecule has 2 unspecified atom stereocenters. The topological polar surface area (TPSA) is 72.2 Å². The zero-order valence-corrected chi connectivity index (χ0v) is 11.4. The van der Waals surface area contributed by atoms with Crippen LogP contribution in [-0.4, -0.2) is 37.0 Å². The maximum atomic E-state index is 11.3. The molecule has 96 valence electrons. The summed E-state index contributed by atoms with van der Waals surface area (Å²) in [4.78, 5) is 0. The highest BCUT2D eigenvalue weighted by molar-refractivity contribution is 8.00. The van der Waals surface area contributed by atoms with E-state index in [4.69, 9.17) is 5.84 Å². The molecule has 1 saturated heterocycles. The van der Waals surface area contributed by atoms with Crippen molar-refractivity contribution in [2.45, 2.75) is 43.9 Å². The third kappa shape index (κ3) is 4.61. The minimum atomic E-state index is -2.82. The second kappa shape index (κ2) is 6.83. The van der Waals surface area contributed by atoms with Crippen molar-refractivity contribution < 1.29 is 8.42 Å². The van der Waals surface area contributed by atoms with Crippen molar-refractivity contribution in [3.8, 4) is 0 Å². The first kappa shape index (κ1) is 14.3. The Kier molecular flexibility index (Phi) is 6.10. The number of hydrazine groups is 1. The van der Waals surface area contributed by atoms with E-state index in [0.717, 1.165) is 6.42 Å². The van der Waals surface area contributed by atoms with Crippen LogP contribution in [0.2, 0.25) is 0 Å². The average molecular weight is 266 g/mol. The van der Waals surface area contributed by atoms with E-state index in [1.807, 2.05) is 11.8 Å². The Morgan fingerprint density at radius 1 is 1.56 bits per heavy atom. The number of sulfone groups is 1. The summed E-state index contributed by atoms with van der Waals surface area (Å²) in [7, 11) is -2.82. The van der Waals surface area contributed by atoms with Crippen LogP contribution in [0.5, 0.6) is 0 Å². The lowest BCUT2D eigenvalue weighted by Crippen LogP contribution is -2.42. The van der Waals surface area contributed by atoms with Crippen LogP contribution >= 0.6 is 11.8 Å². The number of hydrogen-bond acceptors (Lipinski definition) is 5. The lowest BCUT2D eigenvalue weighted by atomic mass is 10.1. The maximum absolute atomic E-state index is 11.3. The molecule has 1 heterocycles. The summed E-state index contributed by atoms with van der Waals surface area (Å²) in [6, 6.07) is 0.263. The van der Waals surface area contributed by atoms with E-state index >= 15 is 0 Å². The zero-order valence-electron chi connectivity index (χ0n) is 9.81. The van der Waals surface area contributed by atoms with Gasteiger partial charge in [0.15, 0.2) is 0 Å². The van der Waals surface area contributed by atoms with Gasteiger partial charge in [-0.25, -0.2) is 8.42 Å². The SMILES string of the molecule is CCS(=O)(=O)CCCC(NN)C1CCCS1. The number of nitrogens with two attached hydrogens (primary N) is 1. The molecule has 3 N–H and O–H groups in total. The van der Waals surface area contributed by atoms with Crippen LogP contribution in [0, 0.1) is 0 Å². The normalized spacial score (nSPS) is 23.5. The smallest absolute Gasteiger partial charge is 0.150 e. The number of nitrogens with one attached hydrogen (secondary N) is 1. The first-order chi connectivity index (χ1) is 7.59. The molecule has 6 heteroatoms. The van der Waals surface area contributed by atoms with Crippen molar-refractivity contribution in [2.75, 3.05) is 17.3 Å². The minimum Gasteiger partial charge on any atom is -0.271 e. The van der Waals surface area contributed by atoms with E-state index < -0.39 is 9.84 Å². The molecular formula is C10H22N2O2S2. The summed E-state index contributed by atoms with van der Waals surface area (Å²) in [5.41, 5.74) is 2.83. The van der Waals surface area contributed by atoms with Gasteiger partial charge in [0.05, 0.1) is 5.75 Å². The van der Waals surface area contributed by atoms with E-state index in [1.165, 1.54) is 18.6 Å². The Hall–Kier alpha value is 0.220. The van der Waals surface area contributed by atoms with Gasteiger partial charge in [0, 0.05) is 17.0 Å². The Morgan fingerprint density at radius 2 is 2.31 bits per heavy atom. The molecule has 1 aliphatic rings. The summed E-state index contributed by atoms with van der Waals surface area (Å²) >= 11 is 1.95. The first-order valence-electron chi connectivity index (χ1n) is 5.87. The molecule has 16 heavy (non-hydrogen) atoms. The van der Waals surface area contributed by atoms with Crippen molar-refractivity contribution in [3.05, 3.63) is 0 Å². The van der Waals surface area contributed by atoms with E-state index in [9.17, 15) is 8.42 Å². The van der Waals surface area contributed by atoms with Crippen molar-refractivity contribution in [1.29, 1.82) is 0 Å². The Labute approximate surface area is 103 Å². The van der Waals surface area contributed by atoms with E-state index in [0.29, 0.717) is 17.4 Å². The summed E-state index contributed by atoms with van der Waals surface area (Å²) < 4.78 is 22.7. The largest absolute Gasteiger partial charge is 0.271 e. The molecule has 0 aromatic rings. The van der Waals surface area contributed by atoms with Gasteiger partial charge in [-0.1, -0.05) is 6.92 Å². The highest BCUT2D eigenvalue weighted by Crippen LogP contribution is 2.30. The van der Waals surface area contributed by atoms with Gasteiger partial charge in [0.1, 0.15) is 9.84 Å². The molecule has 2 atom stereocenters. The quantitative estimate of drug-likeness (QED) is 0.530. The lowest BCUT2D eigenvalue weighted by Gasteiger charge is -2.21. The molecule has 4 nitrogen and oxygen atoms in total. The van der Waals surface area contributed by atoms with Gasteiger partial charge < -0.3 is 0 Å². The third-order valence-corrected chi connectivity index (χ3v) is 6.35. The van der Waals surface area contributed by atoms with Gasteiger partial charge in [0.25, 0.3) is 0 Å². The van der Waals surface area contributed by atoms with Crippen molar-refractivity contribution in [2.24, 2.45) is 5.84 Å². The Morgan fingerprint density at radius 3 is 2.81 bits per heavy atom. The molecular weight excluding hydrogens is 244 g/mol. The van der Waals surface area contributed by atoms with Crippen molar-refractivity contribution in [3.63, 3.8) is 0 Å². The molecule has 0 spiro atoms. The monoisotopic (exact) mass is 266 g/mol. The van der Waals surface area contributed by atoms with Gasteiger partial charge in [-0.3, -0.25) is 11.3 Å². The number of thioether (sulfide) groups is 1. The molecule has 0 saturated carbocycles. The fourth-order valence-corrected chi connectivity index (χ4v) is 4.28. The fraction of sp³-hybridized carbons (Fsp3) is 1.00. The van der Waals surface area contributed by atoms with Crippen LogP contribution < -0.4 is 11.3 Å². The minimum absolute atomic E-state index is 0.242. The summed E-state index contributed by atoms with van der Waals surface area (Å²) in [6.45, 7) is 1.70. The van der Waals surface area contributed by atoms with Gasteiger partial charge in [-0.05, 0) is 31.4 Å². The van der Waals surface area contributed by atoms with Crippen molar-refractivity contribution >= 4 is 21.6 Å². The standard InChI is InChI=1S/C10H22N2O2S2/c1-2-16(13,14)8-4-5-9(12-11)10-6-3-7-15-10/h9-10,12H,2-8,11H2,1H3. The van der Waals surface area contributed by atoms with Crippen LogP contribution in [0.4, 0.5) is 0 Å². The average Bonchev–Trinajstić information content (AvgIpc) is 2.78. The Balaban J connectivity index is 2.29. The van der Waals surface area contributed by atoms with Gasteiger partial charge >= 0.3 is 0 Å². The van der Waals surface area contributed by atoms with Crippen LogP contribution in [0.1, 0.15) is 32.6 Å². The number of rotatable bonds is 7. The molecule has 1 fully saturated rings. The molecule has 0 amide bonds. The van der Waals surface area contributed by atoms with Crippen LogP contribution in [-0.2, 0) is 9.84 Å². The summed E-state index contributed by atoms with van der Waals surface area (Å²) in [5, 5.41) is 0.564. The highest BCUT2D eigenvalue weighted by Gasteiger charge is 2.24. The maximum Gasteiger partial charge on any atom is 0.150 e. The first-order valence-corrected chi connectivity index (χ1v) is 8.74. The van der Waals surface area contributed by atoms with E-state index in [1.54, 1.807) is 6.92 Å². The number of hydrogen-bond donors (Lipinski definition) is 2. The Bertz CT molecular complexity index is 287. The van der Waals surface area contributed by atoms with Crippen LogP contribution in [0.3, 0.4) is 0 Å². The zero-order chi connectivity index (χ0) is 12.0. The van der Waals surface area contributed by atoms with Crippen LogP contribution in [0.15, 0.2) is 0 Å². The molecule has 0 radical (unpaired) electrons. The molecule has 0 aromatic carbocycles. The summed E-state index contributed by atoms with van der Waals surface area (Å²) in [5.74, 6) is 7.26. The predicted molar refractivity (Wildman–Crippen MR) is 70.2 cm³/mol. The van der Waals surface area contributed by atoms with Gasteiger partial charge in [-0.2, -0.15) is 11.8 Å². The second-order valence-corrected chi connectivity index (χ2v) is 8.02. The van der Waals surface area contributed by atoms with Crippen LogP contribution in [0.25, 0.3) is 0 Å². The van der Waals surface area contributed by atoms with Crippen molar-refractivity contribution in [1.82, 2.24) is 5.43 Å². The molecule has 1 aliphatic heterocycles. The molecule has 0 bridgehead atoms. The fourth-order valence-electron chi connectivity index (χ4n) is 1.96. The third-order valence-electron chi connectivity index (χ3n) is 3.04. The molecule has 0 aliphatic carbocycles.